The number of hydrogen-bond acceptors (Lipinski definition) is 10. The number of aliphatic hydroxyl groups excluding tert-OH is 3. The van der Waals surface area contributed by atoms with Crippen LogP contribution >= 0.6 is 0 Å². The predicted octanol–water partition coefficient (Wildman–Crippen LogP) is 1.18. The number of hydrogen-bond donors (Lipinski definition) is 7. The Morgan fingerprint density at radius 3 is 1.80 bits per heavy atom. The van der Waals surface area contributed by atoms with Gasteiger partial charge in [-0.15, -0.1) is 0 Å². The van der Waals surface area contributed by atoms with Crippen molar-refractivity contribution in [2.45, 2.75) is 121 Å². The van der Waals surface area contributed by atoms with Crippen molar-refractivity contribution < 1.29 is 53.8 Å². The fourth-order valence-corrected chi connectivity index (χ4v) is 4.98. The molecule has 1 fully saturated rings. The van der Waals surface area contributed by atoms with E-state index in [1.54, 1.807) is 0 Å². The maximum atomic E-state index is 12.0. The van der Waals surface area contributed by atoms with Gasteiger partial charge in [-0.2, -0.15) is 0 Å². The van der Waals surface area contributed by atoms with E-state index in [0.717, 1.165) is 51.4 Å². The van der Waals surface area contributed by atoms with Crippen molar-refractivity contribution in [2.75, 3.05) is 59.3 Å². The van der Waals surface area contributed by atoms with Crippen LogP contribution in [0.3, 0.4) is 0 Å². The first kappa shape index (κ1) is 41.7. The Morgan fingerprint density at radius 2 is 1.20 bits per heavy atom. The Morgan fingerprint density at radius 1 is 0.652 bits per heavy atom. The molecule has 0 bridgehead atoms. The van der Waals surface area contributed by atoms with Gasteiger partial charge in [-0.3, -0.25) is 19.2 Å². The highest BCUT2D eigenvalue weighted by Crippen LogP contribution is 2.26. The van der Waals surface area contributed by atoms with Crippen molar-refractivity contribution in [1.82, 2.24) is 16.0 Å². The SMILES string of the molecule is O=C(O)CCCCCCCCCCC(=O)NCCOCCC(=O)NCCCNC(=O)CCCCOC[C@@]1(CO)OCC[C@@H](O)[C@H]1O. The van der Waals surface area contributed by atoms with Crippen LogP contribution in [0.4, 0.5) is 0 Å². The van der Waals surface area contributed by atoms with E-state index in [1.807, 2.05) is 0 Å². The van der Waals surface area contributed by atoms with Crippen LogP contribution in [0.15, 0.2) is 0 Å². The fraction of sp³-hybridized carbons (Fsp3) is 0.875. The molecule has 7 N–H and O–H groups in total. The topological polar surface area (TPSA) is 213 Å². The molecule has 0 aromatic rings. The minimum absolute atomic E-state index is 0.00279. The van der Waals surface area contributed by atoms with E-state index in [4.69, 9.17) is 19.3 Å². The Bertz CT molecular complexity index is 848. The summed E-state index contributed by atoms with van der Waals surface area (Å²) in [5.74, 6) is -0.968. The molecule has 46 heavy (non-hydrogen) atoms. The van der Waals surface area contributed by atoms with Crippen LogP contribution in [0.5, 0.6) is 0 Å². The lowest BCUT2D eigenvalue weighted by Crippen LogP contribution is -2.60. The minimum atomic E-state index is -1.33. The first-order chi connectivity index (χ1) is 22.2. The third-order valence-corrected chi connectivity index (χ3v) is 7.85. The zero-order valence-electron chi connectivity index (χ0n) is 27.5. The Balaban J connectivity index is 1.87. The molecule has 3 amide bonds. The quantitative estimate of drug-likeness (QED) is 0.0566. The van der Waals surface area contributed by atoms with Crippen LogP contribution in [-0.4, -0.2) is 121 Å². The van der Waals surface area contributed by atoms with Crippen LogP contribution in [0, 0.1) is 0 Å². The average Bonchev–Trinajstić information content (AvgIpc) is 3.03. The second-order valence-electron chi connectivity index (χ2n) is 11.9. The van der Waals surface area contributed by atoms with Crippen LogP contribution in [0.25, 0.3) is 0 Å². The molecule has 0 spiro atoms. The summed E-state index contributed by atoms with van der Waals surface area (Å²) in [6.07, 6.45) is 9.09. The predicted molar refractivity (Wildman–Crippen MR) is 170 cm³/mol. The lowest BCUT2D eigenvalue weighted by atomic mass is 9.90. The van der Waals surface area contributed by atoms with E-state index in [9.17, 15) is 34.5 Å². The smallest absolute Gasteiger partial charge is 0.303 e. The molecule has 14 nitrogen and oxygen atoms in total. The first-order valence-corrected chi connectivity index (χ1v) is 17.0. The number of unbranched alkanes of at least 4 members (excludes halogenated alkanes) is 8. The van der Waals surface area contributed by atoms with Crippen molar-refractivity contribution in [2.24, 2.45) is 0 Å². The monoisotopic (exact) mass is 661 g/mol. The molecule has 14 heteroatoms. The highest BCUT2D eigenvalue weighted by molar-refractivity contribution is 5.76. The van der Waals surface area contributed by atoms with Crippen molar-refractivity contribution in [3.05, 3.63) is 0 Å². The molecule has 1 aliphatic heterocycles. The van der Waals surface area contributed by atoms with E-state index in [0.29, 0.717) is 71.4 Å². The summed E-state index contributed by atoms with van der Waals surface area (Å²) in [5.41, 5.74) is -1.33. The fourth-order valence-electron chi connectivity index (χ4n) is 4.98. The summed E-state index contributed by atoms with van der Waals surface area (Å²) in [7, 11) is 0. The van der Waals surface area contributed by atoms with Crippen molar-refractivity contribution in [3.63, 3.8) is 0 Å². The van der Waals surface area contributed by atoms with Crippen molar-refractivity contribution in [3.8, 4) is 0 Å². The zero-order valence-corrected chi connectivity index (χ0v) is 27.5. The molecular formula is C32H59N3O11. The third kappa shape index (κ3) is 20.7. The van der Waals surface area contributed by atoms with Crippen molar-refractivity contribution in [1.29, 1.82) is 0 Å². The Hall–Kier alpha value is -2.36. The van der Waals surface area contributed by atoms with Gasteiger partial charge in [-0.1, -0.05) is 38.5 Å². The Labute approximate surface area is 273 Å². The lowest BCUT2D eigenvalue weighted by molar-refractivity contribution is -0.231. The number of rotatable bonds is 29. The largest absolute Gasteiger partial charge is 0.481 e. The minimum Gasteiger partial charge on any atom is -0.481 e. The number of aliphatic hydroxyl groups is 3. The van der Waals surface area contributed by atoms with Gasteiger partial charge in [0.05, 0.1) is 39.1 Å². The first-order valence-electron chi connectivity index (χ1n) is 17.0. The van der Waals surface area contributed by atoms with Gasteiger partial charge in [-0.05, 0) is 38.5 Å². The third-order valence-electron chi connectivity index (χ3n) is 7.85. The van der Waals surface area contributed by atoms with E-state index in [-0.39, 0.29) is 50.4 Å². The lowest BCUT2D eigenvalue weighted by Gasteiger charge is -2.42. The number of aliphatic carboxylic acids is 1. The molecule has 0 aliphatic carbocycles. The number of carboxylic acids is 1. The summed E-state index contributed by atoms with van der Waals surface area (Å²) in [5, 5.41) is 46.6. The molecule has 1 saturated heterocycles. The number of nitrogens with one attached hydrogen (secondary N) is 3. The van der Waals surface area contributed by atoms with Crippen LogP contribution in [0.2, 0.25) is 0 Å². The number of carboxylic acid groups (broad SMARTS) is 1. The highest BCUT2D eigenvalue weighted by atomic mass is 16.6. The number of carbonyl (C=O) groups is 4. The molecule has 268 valence electrons. The summed E-state index contributed by atoms with van der Waals surface area (Å²) >= 11 is 0. The molecule has 0 radical (unpaired) electrons. The van der Waals surface area contributed by atoms with Crippen molar-refractivity contribution >= 4 is 23.7 Å². The molecule has 0 aromatic heterocycles. The Kier molecular flexibility index (Phi) is 24.2. The summed E-state index contributed by atoms with van der Waals surface area (Å²) in [4.78, 5) is 46.3. The van der Waals surface area contributed by atoms with E-state index in [1.165, 1.54) is 0 Å². The summed E-state index contributed by atoms with van der Waals surface area (Å²) in [6, 6.07) is 0. The number of amides is 3. The summed E-state index contributed by atoms with van der Waals surface area (Å²) in [6.45, 7) is 1.92. The van der Waals surface area contributed by atoms with Gasteiger partial charge in [-0.25, -0.2) is 0 Å². The van der Waals surface area contributed by atoms with Gasteiger partial charge < -0.3 is 50.6 Å². The van der Waals surface area contributed by atoms with E-state index >= 15 is 0 Å². The molecule has 1 heterocycles. The van der Waals surface area contributed by atoms with Gasteiger partial charge in [0.2, 0.25) is 17.7 Å². The van der Waals surface area contributed by atoms with Crippen LogP contribution in [-0.2, 0) is 33.4 Å². The van der Waals surface area contributed by atoms with Gasteiger partial charge in [0.1, 0.15) is 11.7 Å². The van der Waals surface area contributed by atoms with Gasteiger partial charge >= 0.3 is 5.97 Å². The molecule has 0 saturated carbocycles. The molecule has 1 rings (SSSR count). The maximum absolute atomic E-state index is 12.0. The molecular weight excluding hydrogens is 602 g/mol. The average molecular weight is 662 g/mol. The van der Waals surface area contributed by atoms with Gasteiger partial charge in [0.15, 0.2) is 0 Å². The van der Waals surface area contributed by atoms with Crippen LogP contribution in [0.1, 0.15) is 103 Å². The second-order valence-corrected chi connectivity index (χ2v) is 11.9. The zero-order chi connectivity index (χ0) is 33.9. The number of ether oxygens (including phenoxy) is 3. The molecule has 1 aliphatic rings. The summed E-state index contributed by atoms with van der Waals surface area (Å²) < 4.78 is 16.4. The van der Waals surface area contributed by atoms with Crippen LogP contribution < -0.4 is 16.0 Å². The number of carbonyl (C=O) groups excluding carboxylic acids is 3. The standard InChI is InChI=1S/C32H59N3O11/c36-24-32(31(43)26(37)15-22-46-32)25-45-20-10-9-13-27(38)33-17-11-18-34-29(40)16-21-44-23-19-35-28(39)12-7-5-3-1-2-4-6-8-14-30(41)42/h26,31,36-37,43H,1-25H2,(H,33,38)(H,34,40)(H,35,39)(H,41,42)/t26-,31-,32-/m1/s1. The second kappa shape index (κ2) is 26.7. The van der Waals surface area contributed by atoms with E-state index < -0.39 is 30.4 Å². The molecule has 0 aromatic carbocycles. The van der Waals surface area contributed by atoms with Gasteiger partial charge in [0, 0.05) is 51.9 Å². The molecule has 3 atom stereocenters. The maximum Gasteiger partial charge on any atom is 0.303 e. The normalized spacial score (nSPS) is 19.5. The van der Waals surface area contributed by atoms with Gasteiger partial charge in [0.25, 0.3) is 0 Å². The molecule has 0 unspecified atom stereocenters. The highest BCUT2D eigenvalue weighted by Gasteiger charge is 2.46. The van der Waals surface area contributed by atoms with E-state index in [2.05, 4.69) is 16.0 Å².